The Balaban J connectivity index is 1.80. The summed E-state index contributed by atoms with van der Waals surface area (Å²) in [6, 6.07) is 15.6. The molecule has 116 valence electrons. The summed E-state index contributed by atoms with van der Waals surface area (Å²) in [6.07, 6.45) is 0.270. The van der Waals surface area contributed by atoms with Crippen LogP contribution in [-0.2, 0) is 11.2 Å². The fraction of sp³-hybridized carbons (Fsp3) is 0.111. The Kier molecular flexibility index (Phi) is 4.39. The minimum atomic E-state index is -0.202. The number of hydrogen-bond acceptors (Lipinski definition) is 3. The largest absolute Gasteiger partial charge is 0.355 e. The number of carbonyl (C=O) groups is 2. The number of benzene rings is 2. The van der Waals surface area contributed by atoms with Gasteiger partial charge in [0.2, 0.25) is 5.91 Å². The van der Waals surface area contributed by atoms with Crippen molar-refractivity contribution in [2.75, 3.05) is 12.4 Å². The normalized spacial score (nSPS) is 10.5. The molecule has 0 saturated heterocycles. The zero-order valence-corrected chi connectivity index (χ0v) is 13.4. The summed E-state index contributed by atoms with van der Waals surface area (Å²) < 4.78 is 0. The minimum absolute atomic E-state index is 0.131. The molecule has 0 aliphatic rings. The number of thiophene rings is 1. The minimum Gasteiger partial charge on any atom is -0.355 e. The van der Waals surface area contributed by atoms with Crippen molar-refractivity contribution in [3.63, 3.8) is 0 Å². The smallest absolute Gasteiger partial charge is 0.254 e. The van der Waals surface area contributed by atoms with Crippen LogP contribution < -0.4 is 10.6 Å². The van der Waals surface area contributed by atoms with E-state index in [1.165, 1.54) is 11.3 Å². The maximum Gasteiger partial charge on any atom is 0.254 e. The van der Waals surface area contributed by atoms with Crippen LogP contribution >= 0.6 is 11.3 Å². The third-order valence-corrected chi connectivity index (χ3v) is 4.45. The Morgan fingerprint density at radius 2 is 1.83 bits per heavy atom. The van der Waals surface area contributed by atoms with Gasteiger partial charge in [-0.25, -0.2) is 0 Å². The second-order valence-electron chi connectivity index (χ2n) is 5.11. The van der Waals surface area contributed by atoms with Gasteiger partial charge < -0.3 is 10.6 Å². The number of rotatable bonds is 4. The lowest BCUT2D eigenvalue weighted by Gasteiger charge is -2.08. The molecule has 0 fully saturated rings. The van der Waals surface area contributed by atoms with E-state index in [1.807, 2.05) is 42.5 Å². The predicted octanol–water partition coefficient (Wildman–Crippen LogP) is 3.44. The number of fused-ring (bicyclic) bond motifs is 1. The highest BCUT2D eigenvalue weighted by atomic mass is 32.1. The third-order valence-electron chi connectivity index (χ3n) is 3.62. The van der Waals surface area contributed by atoms with Crippen LogP contribution in [0.2, 0.25) is 0 Å². The molecular weight excluding hydrogens is 308 g/mol. The van der Waals surface area contributed by atoms with Gasteiger partial charge in [-0.2, -0.15) is 0 Å². The number of amides is 2. The van der Waals surface area contributed by atoms with Crippen molar-refractivity contribution in [2.45, 2.75) is 6.42 Å². The molecule has 1 heterocycles. The molecule has 4 nitrogen and oxygen atoms in total. The van der Waals surface area contributed by atoms with Gasteiger partial charge in [-0.05, 0) is 27.8 Å². The standard InChI is InChI=1S/C18H16N2O2S/c1-19-17(22)15-9-10-23-18(15)20-16(21)11-13-7-4-6-12-5-2-3-8-14(12)13/h2-10H,11H2,1H3,(H,19,22)(H,20,21). The van der Waals surface area contributed by atoms with E-state index in [9.17, 15) is 9.59 Å². The topological polar surface area (TPSA) is 58.2 Å². The van der Waals surface area contributed by atoms with Crippen molar-refractivity contribution in [3.05, 3.63) is 65.0 Å². The lowest BCUT2D eigenvalue weighted by atomic mass is 10.0. The van der Waals surface area contributed by atoms with Crippen LogP contribution in [0.3, 0.4) is 0 Å². The van der Waals surface area contributed by atoms with Crippen molar-refractivity contribution in [3.8, 4) is 0 Å². The van der Waals surface area contributed by atoms with E-state index in [2.05, 4.69) is 10.6 Å². The quantitative estimate of drug-likeness (QED) is 0.772. The Morgan fingerprint density at radius 3 is 2.65 bits per heavy atom. The van der Waals surface area contributed by atoms with Gasteiger partial charge in [0.1, 0.15) is 5.00 Å². The molecule has 0 bridgehead atoms. The molecule has 23 heavy (non-hydrogen) atoms. The van der Waals surface area contributed by atoms with Gasteiger partial charge in [-0.1, -0.05) is 42.5 Å². The maximum atomic E-state index is 12.4. The summed E-state index contributed by atoms with van der Waals surface area (Å²) in [5, 5.41) is 9.96. The summed E-state index contributed by atoms with van der Waals surface area (Å²) in [5.74, 6) is -0.333. The zero-order valence-electron chi connectivity index (χ0n) is 12.6. The number of anilines is 1. The van der Waals surface area contributed by atoms with Crippen LogP contribution in [0.1, 0.15) is 15.9 Å². The molecule has 0 atom stereocenters. The molecular formula is C18H16N2O2S. The zero-order chi connectivity index (χ0) is 16.2. The molecule has 0 radical (unpaired) electrons. The van der Waals surface area contributed by atoms with Crippen LogP contribution in [0.15, 0.2) is 53.9 Å². The van der Waals surface area contributed by atoms with Crippen molar-refractivity contribution in [2.24, 2.45) is 0 Å². The summed E-state index contributed by atoms with van der Waals surface area (Å²) in [5.41, 5.74) is 1.46. The highest BCUT2D eigenvalue weighted by Crippen LogP contribution is 2.24. The third kappa shape index (κ3) is 3.24. The van der Waals surface area contributed by atoms with Gasteiger partial charge in [0.25, 0.3) is 5.91 Å². The Bertz CT molecular complexity index is 865. The lowest BCUT2D eigenvalue weighted by molar-refractivity contribution is -0.115. The van der Waals surface area contributed by atoms with E-state index < -0.39 is 0 Å². The molecule has 0 unspecified atom stereocenters. The van der Waals surface area contributed by atoms with E-state index in [0.717, 1.165) is 16.3 Å². The summed E-state index contributed by atoms with van der Waals surface area (Å²) in [7, 11) is 1.57. The molecule has 2 aromatic carbocycles. The Hall–Kier alpha value is -2.66. The Morgan fingerprint density at radius 1 is 1.04 bits per heavy atom. The monoisotopic (exact) mass is 324 g/mol. The number of carbonyl (C=O) groups excluding carboxylic acids is 2. The second kappa shape index (κ2) is 6.62. The van der Waals surface area contributed by atoms with Gasteiger partial charge in [0.05, 0.1) is 12.0 Å². The highest BCUT2D eigenvalue weighted by Gasteiger charge is 2.14. The van der Waals surface area contributed by atoms with Gasteiger partial charge in [-0.15, -0.1) is 11.3 Å². The first-order valence-corrected chi connectivity index (χ1v) is 8.13. The van der Waals surface area contributed by atoms with Gasteiger partial charge in [-0.3, -0.25) is 9.59 Å². The van der Waals surface area contributed by atoms with E-state index >= 15 is 0 Å². The SMILES string of the molecule is CNC(=O)c1ccsc1NC(=O)Cc1cccc2ccccc12. The molecule has 3 rings (SSSR count). The molecule has 0 aliphatic heterocycles. The lowest BCUT2D eigenvalue weighted by Crippen LogP contribution is -2.20. The van der Waals surface area contributed by atoms with Crippen LogP contribution in [0, 0.1) is 0 Å². The molecule has 5 heteroatoms. The molecule has 0 spiro atoms. The molecule has 2 N–H and O–H groups in total. The molecule has 2 amide bonds. The first-order valence-electron chi connectivity index (χ1n) is 7.25. The van der Waals surface area contributed by atoms with Gasteiger partial charge in [0.15, 0.2) is 0 Å². The predicted molar refractivity (Wildman–Crippen MR) is 94.0 cm³/mol. The molecule has 3 aromatic rings. The van der Waals surface area contributed by atoms with Crippen LogP contribution in [-0.4, -0.2) is 18.9 Å². The van der Waals surface area contributed by atoms with Crippen LogP contribution in [0.25, 0.3) is 10.8 Å². The van der Waals surface area contributed by atoms with E-state index in [1.54, 1.807) is 18.5 Å². The van der Waals surface area contributed by atoms with E-state index in [0.29, 0.717) is 10.6 Å². The van der Waals surface area contributed by atoms with Crippen LogP contribution in [0.5, 0.6) is 0 Å². The average Bonchev–Trinajstić information content (AvgIpc) is 3.02. The van der Waals surface area contributed by atoms with Crippen molar-refractivity contribution in [1.29, 1.82) is 0 Å². The van der Waals surface area contributed by atoms with Crippen molar-refractivity contribution < 1.29 is 9.59 Å². The van der Waals surface area contributed by atoms with Gasteiger partial charge >= 0.3 is 0 Å². The summed E-state index contributed by atoms with van der Waals surface area (Å²) in [6.45, 7) is 0. The molecule has 0 aliphatic carbocycles. The molecule has 1 aromatic heterocycles. The second-order valence-corrected chi connectivity index (χ2v) is 6.02. The summed E-state index contributed by atoms with van der Waals surface area (Å²) in [4.78, 5) is 24.1. The van der Waals surface area contributed by atoms with Gasteiger partial charge in [0, 0.05) is 7.05 Å². The van der Waals surface area contributed by atoms with Crippen LogP contribution in [0.4, 0.5) is 5.00 Å². The van der Waals surface area contributed by atoms with Crippen molar-refractivity contribution in [1.82, 2.24) is 5.32 Å². The molecule has 0 saturated carbocycles. The average molecular weight is 324 g/mol. The number of nitrogens with one attached hydrogen (secondary N) is 2. The Labute approximate surface area is 138 Å². The van der Waals surface area contributed by atoms with E-state index in [-0.39, 0.29) is 18.2 Å². The number of hydrogen-bond donors (Lipinski definition) is 2. The highest BCUT2D eigenvalue weighted by molar-refractivity contribution is 7.14. The van der Waals surface area contributed by atoms with Crippen molar-refractivity contribution >= 4 is 38.9 Å². The van der Waals surface area contributed by atoms with E-state index in [4.69, 9.17) is 0 Å². The maximum absolute atomic E-state index is 12.4. The fourth-order valence-corrected chi connectivity index (χ4v) is 3.31. The first-order chi connectivity index (χ1) is 11.2. The first kappa shape index (κ1) is 15.2. The summed E-state index contributed by atoms with van der Waals surface area (Å²) >= 11 is 1.34. The fourth-order valence-electron chi connectivity index (χ4n) is 2.51.